The van der Waals surface area contributed by atoms with Crippen LogP contribution in [-0.4, -0.2) is 22.4 Å². The van der Waals surface area contributed by atoms with E-state index in [1.807, 2.05) is 0 Å². The van der Waals surface area contributed by atoms with Crippen molar-refractivity contribution < 1.29 is 4.79 Å². The summed E-state index contributed by atoms with van der Waals surface area (Å²) in [6.45, 7) is 0.754. The van der Waals surface area contributed by atoms with Crippen LogP contribution in [0.15, 0.2) is 42.2 Å². The number of amides is 1. The highest BCUT2D eigenvalue weighted by atomic mass is 35.5. The van der Waals surface area contributed by atoms with E-state index in [4.69, 9.17) is 17.3 Å². The molecule has 0 spiro atoms. The maximum Gasteiger partial charge on any atom is 0.269 e. The van der Waals surface area contributed by atoms with Gasteiger partial charge in [0.05, 0.1) is 0 Å². The second kappa shape index (κ2) is 9.23. The van der Waals surface area contributed by atoms with Crippen molar-refractivity contribution in [2.45, 2.75) is 32.1 Å². The molecule has 3 rings (SSSR count). The number of nitrogens with two attached hydrogens (primary N) is 1. The van der Waals surface area contributed by atoms with Gasteiger partial charge in [-0.05, 0) is 56.4 Å². The fourth-order valence-electron chi connectivity index (χ4n) is 2.90. The predicted molar refractivity (Wildman–Crippen MR) is 109 cm³/mol. The Balaban J connectivity index is 1.55. The van der Waals surface area contributed by atoms with E-state index >= 15 is 0 Å². The first-order valence-electron chi connectivity index (χ1n) is 8.97. The highest BCUT2D eigenvalue weighted by Gasteiger charge is 2.11. The number of carbonyl (C=O) groups is 1. The molecule has 0 atom stereocenters. The van der Waals surface area contributed by atoms with Gasteiger partial charge < -0.3 is 11.1 Å². The highest BCUT2D eigenvalue weighted by molar-refractivity contribution is 6.30. The first kappa shape index (κ1) is 19.0. The minimum atomic E-state index is -0.316. The van der Waals surface area contributed by atoms with Crippen molar-refractivity contribution in [1.29, 1.82) is 0 Å². The zero-order valence-electron chi connectivity index (χ0n) is 15.0. The zero-order valence-corrected chi connectivity index (χ0v) is 15.7. The van der Waals surface area contributed by atoms with Gasteiger partial charge in [0.1, 0.15) is 12.0 Å². The monoisotopic (exact) mass is 386 g/mol. The van der Waals surface area contributed by atoms with Gasteiger partial charge in [-0.15, -0.1) is 0 Å². The van der Waals surface area contributed by atoms with Crippen LogP contribution in [0, 0.1) is 0 Å². The molecule has 7 nitrogen and oxygen atoms in total. The van der Waals surface area contributed by atoms with Crippen LogP contribution in [0.4, 0.5) is 17.3 Å². The second-order valence-electron chi connectivity index (χ2n) is 6.36. The molecule has 0 unspecified atom stereocenters. The van der Waals surface area contributed by atoms with E-state index in [0.717, 1.165) is 13.0 Å². The molecule has 1 heterocycles. The van der Waals surface area contributed by atoms with Crippen LogP contribution in [-0.2, 0) is 0 Å². The van der Waals surface area contributed by atoms with E-state index in [0.29, 0.717) is 27.9 Å². The average Bonchev–Trinajstić information content (AvgIpc) is 2.69. The van der Waals surface area contributed by atoms with Crippen molar-refractivity contribution in [2.24, 2.45) is 0 Å². The number of nitrogens with one attached hydrogen (secondary N) is 3. The summed E-state index contributed by atoms with van der Waals surface area (Å²) < 4.78 is 0. The molecule has 0 fully saturated rings. The van der Waals surface area contributed by atoms with E-state index in [1.54, 1.807) is 24.3 Å². The van der Waals surface area contributed by atoms with Crippen molar-refractivity contribution >= 4 is 34.8 Å². The van der Waals surface area contributed by atoms with Gasteiger partial charge in [0.25, 0.3) is 5.91 Å². The molecule has 0 saturated carbocycles. The number of hydrogen-bond acceptors (Lipinski definition) is 6. The third kappa shape index (κ3) is 5.34. The number of hydrogen-bond donors (Lipinski definition) is 4. The van der Waals surface area contributed by atoms with Crippen LogP contribution in [0.1, 0.15) is 42.5 Å². The molecule has 1 aromatic heterocycles. The Morgan fingerprint density at radius 2 is 1.93 bits per heavy atom. The molecule has 1 aliphatic carbocycles. The van der Waals surface area contributed by atoms with E-state index in [1.165, 1.54) is 37.6 Å². The quantitative estimate of drug-likeness (QED) is 0.426. The van der Waals surface area contributed by atoms with E-state index < -0.39 is 0 Å². The van der Waals surface area contributed by atoms with Crippen LogP contribution in [0.25, 0.3) is 0 Å². The summed E-state index contributed by atoms with van der Waals surface area (Å²) in [4.78, 5) is 20.4. The van der Waals surface area contributed by atoms with Crippen molar-refractivity contribution in [3.63, 3.8) is 0 Å². The predicted octanol–water partition coefficient (Wildman–Crippen LogP) is 3.77. The fraction of sp³-hybridized carbons (Fsp3) is 0.316. The molecule has 0 saturated heterocycles. The Labute approximate surface area is 163 Å². The van der Waals surface area contributed by atoms with Crippen molar-refractivity contribution in [1.82, 2.24) is 15.4 Å². The van der Waals surface area contributed by atoms with Crippen molar-refractivity contribution in [3.05, 3.63) is 52.8 Å². The van der Waals surface area contributed by atoms with Gasteiger partial charge in [0, 0.05) is 17.1 Å². The molecule has 1 amide bonds. The SMILES string of the molecule is Nc1c(NCCC2=CCCCC2)ncnc1NNC(=O)c1ccc(Cl)cc1. The number of anilines is 3. The highest BCUT2D eigenvalue weighted by Crippen LogP contribution is 2.23. The topological polar surface area (TPSA) is 105 Å². The minimum Gasteiger partial charge on any atom is -0.393 e. The van der Waals surface area contributed by atoms with Gasteiger partial charge in [0.15, 0.2) is 11.6 Å². The van der Waals surface area contributed by atoms with Gasteiger partial charge in [-0.3, -0.25) is 15.6 Å². The van der Waals surface area contributed by atoms with E-state index in [2.05, 4.69) is 32.2 Å². The number of nitrogens with zero attached hydrogens (tertiary/aromatic N) is 2. The Morgan fingerprint density at radius 3 is 2.67 bits per heavy atom. The lowest BCUT2D eigenvalue weighted by molar-refractivity contribution is 0.0962. The molecular formula is C19H23ClN6O. The van der Waals surface area contributed by atoms with Crippen LogP contribution < -0.4 is 21.9 Å². The normalized spacial score (nSPS) is 13.6. The molecule has 8 heteroatoms. The lowest BCUT2D eigenvalue weighted by atomic mass is 9.97. The number of benzene rings is 1. The lowest BCUT2D eigenvalue weighted by Crippen LogP contribution is -2.30. The summed E-state index contributed by atoms with van der Waals surface area (Å²) in [5.41, 5.74) is 13.7. The Bertz CT molecular complexity index is 821. The van der Waals surface area contributed by atoms with Crippen LogP contribution in [0.2, 0.25) is 5.02 Å². The number of halogens is 1. The number of aromatic nitrogens is 2. The average molecular weight is 387 g/mol. The van der Waals surface area contributed by atoms with Crippen molar-refractivity contribution in [3.8, 4) is 0 Å². The molecule has 0 radical (unpaired) electrons. The molecule has 2 aromatic rings. The molecule has 1 aromatic carbocycles. The smallest absolute Gasteiger partial charge is 0.269 e. The van der Waals surface area contributed by atoms with E-state index in [9.17, 15) is 4.79 Å². The first-order valence-corrected chi connectivity index (χ1v) is 9.35. The number of rotatable bonds is 7. The maximum absolute atomic E-state index is 12.1. The molecule has 1 aliphatic rings. The number of carbonyl (C=O) groups excluding carboxylic acids is 1. The fourth-order valence-corrected chi connectivity index (χ4v) is 3.02. The minimum absolute atomic E-state index is 0.316. The molecule has 27 heavy (non-hydrogen) atoms. The summed E-state index contributed by atoms with van der Waals surface area (Å²) in [5.74, 6) is 0.569. The summed E-state index contributed by atoms with van der Waals surface area (Å²) in [6, 6.07) is 6.57. The second-order valence-corrected chi connectivity index (χ2v) is 6.79. The maximum atomic E-state index is 12.1. The summed E-state index contributed by atoms with van der Waals surface area (Å²) >= 11 is 5.83. The standard InChI is InChI=1S/C19H23ClN6O/c20-15-8-6-14(7-9-15)19(27)26-25-18-16(21)17(23-12-24-18)22-11-10-13-4-2-1-3-5-13/h4,6-9,12H,1-3,5,10-11,21H2,(H,26,27)(H2,22,23,24,25). The van der Waals surface area contributed by atoms with Gasteiger partial charge in [-0.1, -0.05) is 23.3 Å². The number of nitrogen functional groups attached to an aromatic ring is 1. The zero-order chi connectivity index (χ0) is 19.1. The third-order valence-corrected chi connectivity index (χ3v) is 4.66. The van der Waals surface area contributed by atoms with E-state index in [-0.39, 0.29) is 5.91 Å². The molecule has 0 aliphatic heterocycles. The largest absolute Gasteiger partial charge is 0.393 e. The summed E-state index contributed by atoms with van der Waals surface area (Å²) in [5, 5.41) is 3.81. The Kier molecular flexibility index (Phi) is 6.49. The van der Waals surface area contributed by atoms with Crippen LogP contribution in [0.3, 0.4) is 0 Å². The van der Waals surface area contributed by atoms with Gasteiger partial charge >= 0.3 is 0 Å². The molecule has 5 N–H and O–H groups in total. The number of hydrazine groups is 1. The first-order chi connectivity index (χ1) is 13.1. The summed E-state index contributed by atoms with van der Waals surface area (Å²) in [7, 11) is 0. The third-order valence-electron chi connectivity index (χ3n) is 4.41. The van der Waals surface area contributed by atoms with Gasteiger partial charge in [-0.2, -0.15) is 0 Å². The Hall–Kier alpha value is -2.80. The molecular weight excluding hydrogens is 364 g/mol. The molecule has 142 valence electrons. The van der Waals surface area contributed by atoms with Crippen LogP contribution in [0.5, 0.6) is 0 Å². The van der Waals surface area contributed by atoms with Gasteiger partial charge in [0.2, 0.25) is 0 Å². The molecule has 0 bridgehead atoms. The van der Waals surface area contributed by atoms with Crippen molar-refractivity contribution in [2.75, 3.05) is 23.0 Å². The summed E-state index contributed by atoms with van der Waals surface area (Å²) in [6.07, 6.45) is 9.59. The van der Waals surface area contributed by atoms with Crippen LogP contribution >= 0.6 is 11.6 Å². The lowest BCUT2D eigenvalue weighted by Gasteiger charge is -2.15. The van der Waals surface area contributed by atoms with Gasteiger partial charge in [-0.25, -0.2) is 9.97 Å². The Morgan fingerprint density at radius 1 is 1.15 bits per heavy atom. The number of allylic oxidation sites excluding steroid dienone is 1.